The molecule has 1 aromatic carbocycles. The first-order valence-corrected chi connectivity index (χ1v) is 7.20. The number of carbonyl (C=O) groups is 1. The highest BCUT2D eigenvalue weighted by atomic mass is 19.2. The van der Waals surface area contributed by atoms with E-state index in [1.807, 2.05) is 6.07 Å². The third-order valence-electron chi connectivity index (χ3n) is 3.73. The van der Waals surface area contributed by atoms with Crippen LogP contribution in [0.2, 0.25) is 0 Å². The average molecular weight is 331 g/mol. The van der Waals surface area contributed by atoms with Crippen molar-refractivity contribution < 1.29 is 13.6 Å². The summed E-state index contributed by atoms with van der Waals surface area (Å²) in [4.78, 5) is 26.2. The fourth-order valence-corrected chi connectivity index (χ4v) is 2.46. The van der Waals surface area contributed by atoms with Gasteiger partial charge in [-0.2, -0.15) is 5.26 Å². The van der Waals surface area contributed by atoms with Gasteiger partial charge >= 0.3 is 0 Å². The van der Waals surface area contributed by atoms with Gasteiger partial charge in [-0.1, -0.05) is 0 Å². The van der Waals surface area contributed by atoms with Gasteiger partial charge in [0.05, 0.1) is 0 Å². The highest BCUT2D eigenvalue weighted by molar-refractivity contribution is 5.90. The van der Waals surface area contributed by atoms with Crippen LogP contribution in [0.4, 0.5) is 14.5 Å². The number of hydrogen-bond donors (Lipinski definition) is 2. The normalized spacial score (nSPS) is 10.3. The van der Waals surface area contributed by atoms with E-state index in [0.29, 0.717) is 23.2 Å². The first-order valence-electron chi connectivity index (χ1n) is 7.20. The number of carbonyl (C=O) groups excluding carboxylic acids is 1. The van der Waals surface area contributed by atoms with Crippen LogP contribution in [0.15, 0.2) is 23.0 Å². The Kier molecular flexibility index (Phi) is 5.09. The number of aromatic amines is 1. The third kappa shape index (κ3) is 3.66. The zero-order valence-electron chi connectivity index (χ0n) is 13.2. The molecule has 0 aliphatic heterocycles. The number of hydrogen-bond acceptors (Lipinski definition) is 3. The highest BCUT2D eigenvalue weighted by Crippen LogP contribution is 2.17. The quantitative estimate of drug-likeness (QED) is 0.903. The zero-order valence-corrected chi connectivity index (χ0v) is 13.2. The molecular formula is C17H15F2N3O2. The highest BCUT2D eigenvalue weighted by Gasteiger charge is 2.13. The smallest absolute Gasteiger partial charge is 0.266 e. The number of amides is 1. The molecule has 124 valence electrons. The molecule has 0 radical (unpaired) electrons. The monoisotopic (exact) mass is 331 g/mol. The van der Waals surface area contributed by atoms with Gasteiger partial charge in [0.1, 0.15) is 11.6 Å². The lowest BCUT2D eigenvalue weighted by molar-refractivity contribution is -0.116. The summed E-state index contributed by atoms with van der Waals surface area (Å²) in [5, 5.41) is 11.5. The number of aromatic nitrogens is 1. The van der Waals surface area contributed by atoms with E-state index in [9.17, 15) is 18.4 Å². The molecule has 2 aromatic rings. The van der Waals surface area contributed by atoms with Gasteiger partial charge in [0.15, 0.2) is 11.6 Å². The van der Waals surface area contributed by atoms with Gasteiger partial charge in [0.2, 0.25) is 5.91 Å². The molecule has 2 rings (SSSR count). The van der Waals surface area contributed by atoms with Crippen molar-refractivity contribution >= 4 is 11.6 Å². The van der Waals surface area contributed by atoms with E-state index in [4.69, 9.17) is 5.26 Å². The number of nitrogens with zero attached hydrogens (tertiary/aromatic N) is 1. The first-order chi connectivity index (χ1) is 11.3. The number of nitrogens with one attached hydrogen (secondary N) is 2. The van der Waals surface area contributed by atoms with E-state index < -0.39 is 17.2 Å². The maximum Gasteiger partial charge on any atom is 0.266 e. The average Bonchev–Trinajstić information content (AvgIpc) is 2.51. The molecule has 0 atom stereocenters. The maximum atomic E-state index is 13.1. The standard InChI is InChI=1S/C17H15F2N3O2/c1-9-12(10(2)21-17(24)13(9)8-20)4-6-16(23)22-11-3-5-14(18)15(19)7-11/h3,5,7H,4,6H2,1-2H3,(H,21,24)(H,22,23). The number of benzene rings is 1. The Morgan fingerprint density at radius 2 is 2.00 bits per heavy atom. The summed E-state index contributed by atoms with van der Waals surface area (Å²) in [6.45, 7) is 3.35. The topological polar surface area (TPSA) is 85.8 Å². The minimum Gasteiger partial charge on any atom is -0.326 e. The third-order valence-corrected chi connectivity index (χ3v) is 3.73. The molecule has 2 N–H and O–H groups in total. The second-order valence-corrected chi connectivity index (χ2v) is 5.35. The van der Waals surface area contributed by atoms with Gasteiger partial charge in [-0.3, -0.25) is 9.59 Å². The van der Waals surface area contributed by atoms with Crippen molar-refractivity contribution in [2.45, 2.75) is 26.7 Å². The van der Waals surface area contributed by atoms with Gasteiger partial charge < -0.3 is 10.3 Å². The van der Waals surface area contributed by atoms with Crippen LogP contribution in [0.25, 0.3) is 0 Å². The lowest BCUT2D eigenvalue weighted by Gasteiger charge is -2.11. The Morgan fingerprint density at radius 1 is 1.29 bits per heavy atom. The summed E-state index contributed by atoms with van der Waals surface area (Å²) in [5.74, 6) is -2.42. The maximum absolute atomic E-state index is 13.1. The van der Waals surface area contributed by atoms with E-state index in [2.05, 4.69) is 10.3 Å². The number of rotatable bonds is 4. The molecule has 1 amide bonds. The molecule has 1 aromatic heterocycles. The van der Waals surface area contributed by atoms with Crippen LogP contribution in [-0.2, 0) is 11.2 Å². The first kappa shape index (κ1) is 17.3. The Hall–Kier alpha value is -3.01. The number of pyridine rings is 1. The van der Waals surface area contributed by atoms with Gasteiger partial charge in [0, 0.05) is 23.9 Å². The van der Waals surface area contributed by atoms with Gasteiger partial charge in [-0.05, 0) is 43.5 Å². The van der Waals surface area contributed by atoms with Crippen LogP contribution >= 0.6 is 0 Å². The Labute approximate surface area is 136 Å². The van der Waals surface area contributed by atoms with Crippen molar-refractivity contribution in [3.8, 4) is 6.07 Å². The van der Waals surface area contributed by atoms with Gasteiger partial charge in [-0.15, -0.1) is 0 Å². The summed E-state index contributed by atoms with van der Waals surface area (Å²) >= 11 is 0. The summed E-state index contributed by atoms with van der Waals surface area (Å²) in [6, 6.07) is 4.94. The van der Waals surface area contributed by atoms with Crippen LogP contribution in [0.1, 0.15) is 28.8 Å². The zero-order chi connectivity index (χ0) is 17.9. The van der Waals surface area contributed by atoms with Crippen molar-refractivity contribution in [2.24, 2.45) is 0 Å². The fourth-order valence-electron chi connectivity index (χ4n) is 2.46. The van der Waals surface area contributed by atoms with Crippen LogP contribution in [0.3, 0.4) is 0 Å². The molecule has 0 aliphatic rings. The largest absolute Gasteiger partial charge is 0.326 e. The fraction of sp³-hybridized carbons (Fsp3) is 0.235. The van der Waals surface area contributed by atoms with Crippen molar-refractivity contribution in [1.82, 2.24) is 4.98 Å². The predicted octanol–water partition coefficient (Wildman–Crippen LogP) is 2.71. The molecule has 0 saturated carbocycles. The van der Waals surface area contributed by atoms with Gasteiger partial charge in [0.25, 0.3) is 5.56 Å². The predicted molar refractivity (Wildman–Crippen MR) is 84.6 cm³/mol. The van der Waals surface area contributed by atoms with Crippen LogP contribution in [0, 0.1) is 36.8 Å². The Morgan fingerprint density at radius 3 is 2.62 bits per heavy atom. The number of anilines is 1. The number of halogens is 2. The molecule has 0 bridgehead atoms. The molecule has 0 spiro atoms. The Bertz CT molecular complexity index is 898. The molecule has 0 saturated heterocycles. The molecular weight excluding hydrogens is 316 g/mol. The molecule has 7 heteroatoms. The summed E-state index contributed by atoms with van der Waals surface area (Å²) in [6.07, 6.45) is 0.371. The number of aryl methyl sites for hydroxylation is 1. The minimum atomic E-state index is -1.04. The summed E-state index contributed by atoms with van der Waals surface area (Å²) in [7, 11) is 0. The van der Waals surface area contributed by atoms with Crippen molar-refractivity contribution in [1.29, 1.82) is 5.26 Å². The SMILES string of the molecule is Cc1[nH]c(=O)c(C#N)c(C)c1CCC(=O)Nc1ccc(F)c(F)c1. The van der Waals surface area contributed by atoms with E-state index in [0.717, 1.165) is 12.1 Å². The minimum absolute atomic E-state index is 0.0246. The number of nitriles is 1. The molecule has 5 nitrogen and oxygen atoms in total. The van der Waals surface area contributed by atoms with E-state index in [-0.39, 0.29) is 23.6 Å². The molecule has 0 fully saturated rings. The second kappa shape index (κ2) is 7.04. The van der Waals surface area contributed by atoms with Crippen LogP contribution in [0.5, 0.6) is 0 Å². The van der Waals surface area contributed by atoms with Crippen LogP contribution in [-0.4, -0.2) is 10.9 Å². The van der Waals surface area contributed by atoms with Crippen molar-refractivity contribution in [3.05, 3.63) is 62.6 Å². The lowest BCUT2D eigenvalue weighted by atomic mass is 9.99. The molecule has 0 unspecified atom stereocenters. The number of H-pyrrole nitrogens is 1. The summed E-state index contributed by atoms with van der Waals surface area (Å²) < 4.78 is 26.0. The van der Waals surface area contributed by atoms with Crippen molar-refractivity contribution in [2.75, 3.05) is 5.32 Å². The van der Waals surface area contributed by atoms with Gasteiger partial charge in [-0.25, -0.2) is 8.78 Å². The Balaban J connectivity index is 2.11. The summed E-state index contributed by atoms with van der Waals surface area (Å²) in [5.41, 5.74) is 1.58. The van der Waals surface area contributed by atoms with Crippen LogP contribution < -0.4 is 10.9 Å². The van der Waals surface area contributed by atoms with E-state index in [1.54, 1.807) is 13.8 Å². The lowest BCUT2D eigenvalue weighted by Crippen LogP contribution is -2.18. The molecule has 1 heterocycles. The van der Waals surface area contributed by atoms with E-state index in [1.165, 1.54) is 6.07 Å². The second-order valence-electron chi connectivity index (χ2n) is 5.35. The van der Waals surface area contributed by atoms with E-state index >= 15 is 0 Å². The molecule has 24 heavy (non-hydrogen) atoms. The molecule has 0 aliphatic carbocycles. The van der Waals surface area contributed by atoms with Crippen molar-refractivity contribution in [3.63, 3.8) is 0 Å².